The van der Waals surface area contributed by atoms with Gasteiger partial charge in [-0.1, -0.05) is 19.9 Å². The first-order chi connectivity index (χ1) is 8.06. The van der Waals surface area contributed by atoms with Gasteiger partial charge in [0.25, 0.3) is 0 Å². The molecular formula is C13H22ClN3O. The maximum absolute atomic E-state index is 11.6. The van der Waals surface area contributed by atoms with Crippen molar-refractivity contribution in [2.75, 3.05) is 6.54 Å². The van der Waals surface area contributed by atoms with E-state index in [1.807, 2.05) is 19.1 Å². The molecule has 102 valence electrons. The molecule has 1 aromatic rings. The van der Waals surface area contributed by atoms with Crippen molar-refractivity contribution in [3.63, 3.8) is 0 Å². The van der Waals surface area contributed by atoms with Crippen LogP contribution in [0.5, 0.6) is 0 Å². The minimum absolute atomic E-state index is 0. The highest BCUT2D eigenvalue weighted by Gasteiger charge is 2.20. The average Bonchev–Trinajstić information content (AvgIpc) is 2.27. The normalized spacial score (nSPS) is 11.8. The Hall–Kier alpha value is -1.13. The van der Waals surface area contributed by atoms with Crippen molar-refractivity contribution in [2.45, 2.75) is 33.2 Å². The van der Waals surface area contributed by atoms with Gasteiger partial charge in [0, 0.05) is 19.2 Å². The summed E-state index contributed by atoms with van der Waals surface area (Å²) in [6, 6.07) is 3.86. The fraction of sp³-hybridized carbons (Fsp3) is 0.538. The van der Waals surface area contributed by atoms with Crippen LogP contribution in [0, 0.1) is 12.8 Å². The molecule has 1 amide bonds. The standard InChI is InChI=1S/C13H21N3O.ClH/c1-9(2)12(16-11(17)6-7-14)13-10(3)5-4-8-15-13;/h4-5,8-9,12H,6-7,14H2,1-3H3,(H,16,17);1H. The minimum Gasteiger partial charge on any atom is -0.347 e. The maximum Gasteiger partial charge on any atom is 0.221 e. The van der Waals surface area contributed by atoms with Crippen molar-refractivity contribution < 1.29 is 4.79 Å². The lowest BCUT2D eigenvalue weighted by Crippen LogP contribution is -2.33. The molecule has 1 heterocycles. The van der Waals surface area contributed by atoms with Gasteiger partial charge >= 0.3 is 0 Å². The van der Waals surface area contributed by atoms with Gasteiger partial charge in [0.05, 0.1) is 11.7 Å². The fourth-order valence-electron chi connectivity index (χ4n) is 1.75. The van der Waals surface area contributed by atoms with Crippen molar-refractivity contribution in [3.8, 4) is 0 Å². The highest BCUT2D eigenvalue weighted by Crippen LogP contribution is 2.22. The number of nitrogens with one attached hydrogen (secondary N) is 1. The van der Waals surface area contributed by atoms with E-state index in [-0.39, 0.29) is 24.4 Å². The average molecular weight is 272 g/mol. The molecule has 3 N–H and O–H groups in total. The summed E-state index contributed by atoms with van der Waals surface area (Å²) in [6.07, 6.45) is 2.11. The van der Waals surface area contributed by atoms with E-state index in [1.165, 1.54) is 0 Å². The van der Waals surface area contributed by atoms with Crippen LogP contribution in [-0.4, -0.2) is 17.4 Å². The molecule has 0 spiro atoms. The summed E-state index contributed by atoms with van der Waals surface area (Å²) < 4.78 is 0. The van der Waals surface area contributed by atoms with Crippen molar-refractivity contribution in [2.24, 2.45) is 11.7 Å². The van der Waals surface area contributed by atoms with Gasteiger partial charge < -0.3 is 11.1 Å². The topological polar surface area (TPSA) is 68.0 Å². The molecular weight excluding hydrogens is 250 g/mol. The van der Waals surface area contributed by atoms with Gasteiger partial charge in [0.1, 0.15) is 0 Å². The van der Waals surface area contributed by atoms with Gasteiger partial charge in [-0.25, -0.2) is 0 Å². The third kappa shape index (κ3) is 4.63. The van der Waals surface area contributed by atoms with Gasteiger partial charge in [-0.3, -0.25) is 9.78 Å². The molecule has 0 aliphatic carbocycles. The monoisotopic (exact) mass is 271 g/mol. The van der Waals surface area contributed by atoms with Crippen molar-refractivity contribution in [1.29, 1.82) is 0 Å². The second-order valence-electron chi connectivity index (χ2n) is 4.53. The number of carbonyl (C=O) groups excluding carboxylic acids is 1. The number of nitrogens with zero attached hydrogens (tertiary/aromatic N) is 1. The molecule has 0 bridgehead atoms. The van der Waals surface area contributed by atoms with Gasteiger partial charge in [0.15, 0.2) is 0 Å². The Morgan fingerprint density at radius 3 is 2.67 bits per heavy atom. The Bertz CT molecular complexity index is 382. The zero-order valence-corrected chi connectivity index (χ0v) is 12.0. The van der Waals surface area contributed by atoms with E-state index in [0.29, 0.717) is 18.9 Å². The predicted molar refractivity (Wildman–Crippen MR) is 75.6 cm³/mol. The van der Waals surface area contributed by atoms with Crippen molar-refractivity contribution >= 4 is 18.3 Å². The lowest BCUT2D eigenvalue weighted by molar-refractivity contribution is -0.122. The first kappa shape index (κ1) is 16.9. The van der Waals surface area contributed by atoms with Crippen LogP contribution in [0.25, 0.3) is 0 Å². The summed E-state index contributed by atoms with van der Waals surface area (Å²) in [7, 11) is 0. The van der Waals surface area contributed by atoms with Gasteiger partial charge in [-0.05, 0) is 24.5 Å². The van der Waals surface area contributed by atoms with Crippen LogP contribution >= 0.6 is 12.4 Å². The number of hydrogen-bond donors (Lipinski definition) is 2. The second kappa shape index (κ2) is 8.06. The number of amides is 1. The second-order valence-corrected chi connectivity index (χ2v) is 4.53. The molecule has 0 fully saturated rings. The van der Waals surface area contributed by atoms with Crippen LogP contribution in [0.15, 0.2) is 18.3 Å². The van der Waals surface area contributed by atoms with E-state index < -0.39 is 0 Å². The molecule has 0 saturated heterocycles. The molecule has 4 nitrogen and oxygen atoms in total. The number of pyridine rings is 1. The molecule has 5 heteroatoms. The van der Waals surface area contributed by atoms with E-state index in [4.69, 9.17) is 5.73 Å². The summed E-state index contributed by atoms with van der Waals surface area (Å²) in [4.78, 5) is 16.0. The Balaban J connectivity index is 0.00000289. The van der Waals surface area contributed by atoms with Gasteiger partial charge in [0.2, 0.25) is 5.91 Å². The quantitative estimate of drug-likeness (QED) is 0.860. The lowest BCUT2D eigenvalue weighted by Gasteiger charge is -2.23. The van der Waals surface area contributed by atoms with Crippen LogP contribution in [0.4, 0.5) is 0 Å². The molecule has 0 aliphatic rings. The molecule has 1 unspecified atom stereocenters. The van der Waals surface area contributed by atoms with E-state index in [0.717, 1.165) is 11.3 Å². The molecule has 1 rings (SSSR count). The van der Waals surface area contributed by atoms with Gasteiger partial charge in [-0.15, -0.1) is 12.4 Å². The summed E-state index contributed by atoms with van der Waals surface area (Å²) in [6.45, 7) is 6.52. The number of aryl methyl sites for hydroxylation is 1. The Labute approximate surface area is 115 Å². The molecule has 1 aromatic heterocycles. The summed E-state index contributed by atoms with van der Waals surface area (Å²) in [5.74, 6) is 0.279. The fourth-order valence-corrected chi connectivity index (χ4v) is 1.75. The molecule has 18 heavy (non-hydrogen) atoms. The summed E-state index contributed by atoms with van der Waals surface area (Å²) >= 11 is 0. The Morgan fingerprint density at radius 1 is 1.50 bits per heavy atom. The number of halogens is 1. The lowest BCUT2D eigenvalue weighted by atomic mass is 9.97. The summed E-state index contributed by atoms with van der Waals surface area (Å²) in [5, 5.41) is 2.99. The SMILES string of the molecule is Cc1cccnc1C(NC(=O)CCN)C(C)C.Cl. The number of nitrogens with two attached hydrogens (primary N) is 1. The maximum atomic E-state index is 11.6. The smallest absolute Gasteiger partial charge is 0.221 e. The van der Waals surface area contributed by atoms with Gasteiger partial charge in [-0.2, -0.15) is 0 Å². The van der Waals surface area contributed by atoms with Crippen LogP contribution in [0.3, 0.4) is 0 Å². The third-order valence-corrected chi connectivity index (χ3v) is 2.70. The molecule has 1 atom stereocenters. The Morgan fingerprint density at radius 2 is 2.17 bits per heavy atom. The van der Waals surface area contributed by atoms with Crippen LogP contribution in [0.2, 0.25) is 0 Å². The first-order valence-electron chi connectivity index (χ1n) is 5.97. The van der Waals surface area contributed by atoms with Crippen LogP contribution in [-0.2, 0) is 4.79 Å². The van der Waals surface area contributed by atoms with E-state index in [9.17, 15) is 4.79 Å². The predicted octanol–water partition coefficient (Wildman–Crippen LogP) is 1.97. The largest absolute Gasteiger partial charge is 0.347 e. The molecule has 0 aliphatic heterocycles. The number of hydrogen-bond acceptors (Lipinski definition) is 3. The van der Waals surface area contributed by atoms with Crippen molar-refractivity contribution in [3.05, 3.63) is 29.6 Å². The summed E-state index contributed by atoms with van der Waals surface area (Å²) in [5.41, 5.74) is 7.41. The van der Waals surface area contributed by atoms with Crippen molar-refractivity contribution in [1.82, 2.24) is 10.3 Å². The highest BCUT2D eigenvalue weighted by molar-refractivity contribution is 5.85. The third-order valence-electron chi connectivity index (χ3n) is 2.70. The van der Waals surface area contributed by atoms with E-state index in [1.54, 1.807) is 6.20 Å². The highest BCUT2D eigenvalue weighted by atomic mass is 35.5. The number of aromatic nitrogens is 1. The van der Waals surface area contributed by atoms with E-state index in [2.05, 4.69) is 24.1 Å². The van der Waals surface area contributed by atoms with Crippen LogP contribution < -0.4 is 11.1 Å². The molecule has 0 radical (unpaired) electrons. The Kier molecular flexibility index (Phi) is 7.55. The zero-order chi connectivity index (χ0) is 12.8. The van der Waals surface area contributed by atoms with E-state index >= 15 is 0 Å². The number of rotatable bonds is 5. The zero-order valence-electron chi connectivity index (χ0n) is 11.1. The molecule has 0 aromatic carbocycles. The first-order valence-corrected chi connectivity index (χ1v) is 5.97. The van der Waals surface area contributed by atoms with Crippen LogP contribution in [0.1, 0.15) is 37.6 Å². The number of carbonyl (C=O) groups is 1. The molecule has 0 saturated carbocycles. The minimum atomic E-state index is -0.0461.